The van der Waals surface area contributed by atoms with E-state index >= 15 is 0 Å². The largest absolute Gasteiger partial charge is 0.393 e. The minimum absolute atomic E-state index is 0.0111. The molecule has 0 bridgehead atoms. The van der Waals surface area contributed by atoms with E-state index in [-0.39, 0.29) is 47.0 Å². The van der Waals surface area contributed by atoms with Crippen molar-refractivity contribution in [3.63, 3.8) is 0 Å². The smallest absolute Gasteiger partial charge is 0.220 e. The predicted octanol–water partition coefficient (Wildman–Crippen LogP) is 3.55. The summed E-state index contributed by atoms with van der Waals surface area (Å²) in [5, 5.41) is 24.5. The van der Waals surface area contributed by atoms with Crippen LogP contribution >= 0.6 is 0 Å². The Morgan fingerprint density at radius 2 is 1.76 bits per heavy atom. The van der Waals surface area contributed by atoms with Gasteiger partial charge in [0.15, 0.2) is 0 Å². The van der Waals surface area contributed by atoms with Crippen molar-refractivity contribution in [2.24, 2.45) is 46.3 Å². The van der Waals surface area contributed by atoms with Gasteiger partial charge >= 0.3 is 0 Å². The molecular formula is C27H47NO5S. The van der Waals surface area contributed by atoms with Crippen LogP contribution in [-0.4, -0.2) is 55.3 Å². The second-order valence-electron chi connectivity index (χ2n) is 12.7. The highest BCUT2D eigenvalue weighted by Crippen LogP contribution is 2.68. The molecule has 1 amide bonds. The zero-order valence-corrected chi connectivity index (χ0v) is 22.4. The molecule has 0 aromatic carbocycles. The third-order valence-electron chi connectivity index (χ3n) is 10.7. The number of hydrogen-bond acceptors (Lipinski definition) is 5. The Hall–Kier alpha value is -0.660. The van der Waals surface area contributed by atoms with Gasteiger partial charge in [0.2, 0.25) is 5.91 Å². The van der Waals surface area contributed by atoms with Gasteiger partial charge in [-0.15, -0.1) is 0 Å². The van der Waals surface area contributed by atoms with Crippen LogP contribution < -0.4 is 5.32 Å². The Morgan fingerprint density at radius 3 is 2.47 bits per heavy atom. The Kier molecular flexibility index (Phi) is 7.11. The van der Waals surface area contributed by atoms with E-state index in [1.54, 1.807) is 0 Å². The van der Waals surface area contributed by atoms with Crippen LogP contribution in [-0.2, 0) is 14.6 Å². The van der Waals surface area contributed by atoms with Crippen LogP contribution in [0.4, 0.5) is 0 Å². The summed E-state index contributed by atoms with van der Waals surface area (Å²) in [5.41, 5.74) is 0.0120. The molecule has 34 heavy (non-hydrogen) atoms. The van der Waals surface area contributed by atoms with Gasteiger partial charge < -0.3 is 15.5 Å². The molecule has 7 heteroatoms. The lowest BCUT2D eigenvalue weighted by atomic mass is 9.43. The molecule has 0 aromatic heterocycles. The van der Waals surface area contributed by atoms with Crippen molar-refractivity contribution in [3.05, 3.63) is 0 Å². The van der Waals surface area contributed by atoms with Crippen molar-refractivity contribution in [1.82, 2.24) is 5.32 Å². The summed E-state index contributed by atoms with van der Waals surface area (Å²) in [6.07, 6.45) is 8.59. The number of amides is 1. The summed E-state index contributed by atoms with van der Waals surface area (Å²) in [5.74, 6) is 0.412. The van der Waals surface area contributed by atoms with Gasteiger partial charge in [0.1, 0.15) is 9.84 Å². The van der Waals surface area contributed by atoms with E-state index in [4.69, 9.17) is 0 Å². The van der Waals surface area contributed by atoms with Crippen molar-refractivity contribution in [2.75, 3.05) is 18.6 Å². The molecule has 4 fully saturated rings. The van der Waals surface area contributed by atoms with Gasteiger partial charge in [0, 0.05) is 20.6 Å². The van der Waals surface area contributed by atoms with Gasteiger partial charge in [-0.1, -0.05) is 20.8 Å². The fourth-order valence-corrected chi connectivity index (χ4v) is 9.27. The normalized spacial score (nSPS) is 47.6. The van der Waals surface area contributed by atoms with E-state index in [1.807, 2.05) is 0 Å². The lowest BCUT2D eigenvalue weighted by Crippen LogP contribution is -2.58. The maximum atomic E-state index is 12.3. The predicted molar refractivity (Wildman–Crippen MR) is 134 cm³/mol. The third kappa shape index (κ3) is 4.95. The van der Waals surface area contributed by atoms with Crippen LogP contribution in [0.1, 0.15) is 86.4 Å². The van der Waals surface area contributed by atoms with E-state index in [1.165, 1.54) is 6.26 Å². The Balaban J connectivity index is 1.43. The van der Waals surface area contributed by atoms with E-state index in [9.17, 15) is 24.8 Å². The molecule has 0 aliphatic heterocycles. The van der Waals surface area contributed by atoms with E-state index in [2.05, 4.69) is 26.1 Å². The third-order valence-corrected chi connectivity index (χ3v) is 11.6. The monoisotopic (exact) mass is 498 g/mol. The van der Waals surface area contributed by atoms with E-state index < -0.39 is 21.8 Å². The number of fused-ring (bicyclic) bond motifs is 5. The molecule has 0 radical (unpaired) electrons. The Morgan fingerprint density at radius 1 is 1.09 bits per heavy atom. The molecular weight excluding hydrogens is 450 g/mol. The van der Waals surface area contributed by atoms with Gasteiger partial charge in [0.25, 0.3) is 0 Å². The first-order valence-corrected chi connectivity index (χ1v) is 15.6. The molecule has 0 aromatic rings. The zero-order valence-electron chi connectivity index (χ0n) is 22.6. The van der Waals surface area contributed by atoms with E-state index in [0.717, 1.165) is 51.4 Å². The number of hydrogen-bond donors (Lipinski definition) is 3. The number of carbonyl (C=O) groups excluding carboxylic acids is 1. The maximum Gasteiger partial charge on any atom is 0.220 e. The van der Waals surface area contributed by atoms with Crippen LogP contribution in [0.2, 0.25) is 0 Å². The summed E-state index contributed by atoms with van der Waals surface area (Å²) in [6.45, 7) is 7.06. The zero-order chi connectivity index (χ0) is 25.8. The van der Waals surface area contributed by atoms with Crippen LogP contribution in [0.3, 0.4) is 0 Å². The summed E-state index contributed by atoms with van der Waals surface area (Å²) < 4.78 is 32.4. The molecule has 4 rings (SSSR count). The fourth-order valence-electron chi connectivity index (χ4n) is 8.80. The first-order valence-electron chi connectivity index (χ1n) is 14.0. The standard InChI is InChI=1S/C27H47NO5S/c1-17(5-8-24(31)28-13-14-34(4,32)33)20-6-7-21-25-22(10-12-27(20,21)3)26(2)11-9-19(29)15-18(26)16-23(25)30/h17-23,25,29-30H,5-16H2,1-4H3,(H,28,31)/t17?,18-,19?,20?,21?,22-,23+,25-,26-,27+/m0/s1/i25D. The summed E-state index contributed by atoms with van der Waals surface area (Å²) in [4.78, 5) is 12.3. The summed E-state index contributed by atoms with van der Waals surface area (Å²) >= 11 is 0. The lowest BCUT2D eigenvalue weighted by Gasteiger charge is -2.62. The highest BCUT2D eigenvalue weighted by molar-refractivity contribution is 7.90. The van der Waals surface area contributed by atoms with Crippen molar-refractivity contribution in [3.8, 4) is 0 Å². The fraction of sp³-hybridized carbons (Fsp3) is 0.963. The molecule has 196 valence electrons. The average molecular weight is 499 g/mol. The molecule has 10 atom stereocenters. The molecule has 3 N–H and O–H groups in total. The van der Waals surface area contributed by atoms with E-state index in [0.29, 0.717) is 30.6 Å². The van der Waals surface area contributed by atoms with Crippen molar-refractivity contribution in [2.45, 2.75) is 97.2 Å². The first-order chi connectivity index (χ1) is 16.2. The minimum Gasteiger partial charge on any atom is -0.393 e. The second kappa shape index (κ2) is 9.66. The van der Waals surface area contributed by atoms with Crippen molar-refractivity contribution in [1.29, 1.82) is 0 Å². The average Bonchev–Trinajstić information content (AvgIpc) is 3.11. The van der Waals surface area contributed by atoms with Gasteiger partial charge in [-0.25, -0.2) is 8.42 Å². The number of nitrogens with one attached hydrogen (secondary N) is 1. The number of rotatable bonds is 7. The van der Waals surface area contributed by atoms with Gasteiger partial charge in [-0.2, -0.15) is 0 Å². The van der Waals surface area contributed by atoms with Crippen LogP contribution in [0.25, 0.3) is 0 Å². The molecule has 4 unspecified atom stereocenters. The Labute approximate surface area is 208 Å². The topological polar surface area (TPSA) is 104 Å². The van der Waals surface area contributed by atoms with Crippen LogP contribution in [0.5, 0.6) is 0 Å². The van der Waals surface area contributed by atoms with Crippen LogP contribution in [0, 0.1) is 46.3 Å². The number of aliphatic hydroxyl groups excluding tert-OH is 2. The highest BCUT2D eigenvalue weighted by atomic mass is 32.2. The SMILES string of the molecule is [2H][C@]12C3CCC(C(C)CCC(=O)NCCS(C)(=O)=O)[C@@]3(C)CC[C@@H]1[C@@]1(C)CCC(O)C[C@H]1C[C@H]2O. The van der Waals surface area contributed by atoms with Crippen molar-refractivity contribution >= 4 is 15.7 Å². The molecule has 4 aliphatic rings. The molecule has 4 saturated carbocycles. The minimum atomic E-state index is -3.09. The number of carbonyl (C=O) groups is 1. The van der Waals surface area contributed by atoms with Gasteiger partial charge in [-0.3, -0.25) is 4.79 Å². The molecule has 6 nitrogen and oxygen atoms in total. The van der Waals surface area contributed by atoms with Gasteiger partial charge in [-0.05, 0) is 104 Å². The lowest BCUT2D eigenvalue weighted by molar-refractivity contribution is -0.174. The quantitative estimate of drug-likeness (QED) is 0.498. The molecule has 0 saturated heterocycles. The number of aliphatic hydroxyl groups is 2. The molecule has 4 aliphatic carbocycles. The summed E-state index contributed by atoms with van der Waals surface area (Å²) in [7, 11) is -3.09. The second-order valence-corrected chi connectivity index (χ2v) is 15.0. The number of sulfone groups is 1. The highest BCUT2D eigenvalue weighted by Gasteiger charge is 2.62. The van der Waals surface area contributed by atoms with Gasteiger partial charge in [0.05, 0.1) is 18.0 Å². The van der Waals surface area contributed by atoms with Crippen LogP contribution in [0.15, 0.2) is 0 Å². The molecule has 0 spiro atoms. The molecule has 0 heterocycles. The van der Waals surface area contributed by atoms with Crippen molar-refractivity contribution < 1.29 is 24.8 Å². The maximum absolute atomic E-state index is 12.3. The first kappa shape index (κ1) is 25.0. The summed E-state index contributed by atoms with van der Waals surface area (Å²) in [6, 6.07) is 0. The Bertz CT molecular complexity index is 913.